The van der Waals surface area contributed by atoms with Crippen LogP contribution >= 0.6 is 0 Å². The smallest absolute Gasteiger partial charge is 0.123 e. The topological polar surface area (TPSA) is 15.3 Å². The summed E-state index contributed by atoms with van der Waals surface area (Å²) in [6.45, 7) is 3.91. The fourth-order valence-electron chi connectivity index (χ4n) is 3.18. The zero-order valence-electron chi connectivity index (χ0n) is 12.1. The molecule has 3 heteroatoms. The Kier molecular flexibility index (Phi) is 5.20. The first-order valence-electron chi connectivity index (χ1n) is 7.46. The van der Waals surface area contributed by atoms with Gasteiger partial charge in [-0.1, -0.05) is 19.3 Å². The number of anilines is 1. The Hall–Kier alpha value is -1.09. The molecule has 0 spiro atoms. The van der Waals surface area contributed by atoms with Gasteiger partial charge >= 0.3 is 0 Å². The van der Waals surface area contributed by atoms with E-state index in [1.165, 1.54) is 37.8 Å². The number of nitrogens with zero attached hydrogens (tertiary/aromatic N) is 1. The SMILES string of the molecule is CCN(c1ccc(F)cc1CNC)C1CCCCC1. The zero-order chi connectivity index (χ0) is 13.7. The van der Waals surface area contributed by atoms with Crippen LogP contribution in [0.5, 0.6) is 0 Å². The number of rotatable bonds is 5. The molecule has 0 amide bonds. The number of benzene rings is 1. The van der Waals surface area contributed by atoms with Crippen LogP contribution in [0.25, 0.3) is 0 Å². The summed E-state index contributed by atoms with van der Waals surface area (Å²) in [5, 5.41) is 3.14. The quantitative estimate of drug-likeness (QED) is 0.872. The molecule has 0 radical (unpaired) electrons. The van der Waals surface area contributed by atoms with E-state index in [0.29, 0.717) is 6.04 Å². The predicted octanol–water partition coefficient (Wildman–Crippen LogP) is 3.70. The average molecular weight is 264 g/mol. The summed E-state index contributed by atoms with van der Waals surface area (Å²) in [6, 6.07) is 5.82. The third-order valence-corrected chi connectivity index (χ3v) is 4.07. The number of hydrogen-bond donors (Lipinski definition) is 1. The molecule has 2 rings (SSSR count). The molecule has 0 aromatic heterocycles. The molecule has 1 fully saturated rings. The van der Waals surface area contributed by atoms with Crippen LogP contribution in [-0.4, -0.2) is 19.6 Å². The van der Waals surface area contributed by atoms with Crippen LogP contribution in [0.1, 0.15) is 44.6 Å². The van der Waals surface area contributed by atoms with E-state index < -0.39 is 0 Å². The third kappa shape index (κ3) is 3.47. The van der Waals surface area contributed by atoms with Crippen molar-refractivity contribution in [3.63, 3.8) is 0 Å². The Bertz CT molecular complexity index is 400. The lowest BCUT2D eigenvalue weighted by molar-refractivity contribution is 0.417. The summed E-state index contributed by atoms with van der Waals surface area (Å²) in [4.78, 5) is 2.46. The highest BCUT2D eigenvalue weighted by atomic mass is 19.1. The van der Waals surface area contributed by atoms with Gasteiger partial charge in [0.1, 0.15) is 5.82 Å². The van der Waals surface area contributed by atoms with Crippen molar-refractivity contribution >= 4 is 5.69 Å². The van der Waals surface area contributed by atoms with Crippen molar-refractivity contribution in [2.75, 3.05) is 18.5 Å². The highest BCUT2D eigenvalue weighted by molar-refractivity contribution is 5.54. The van der Waals surface area contributed by atoms with Crippen molar-refractivity contribution in [2.45, 2.75) is 51.6 Å². The Morgan fingerprint density at radius 1 is 1.26 bits per heavy atom. The maximum absolute atomic E-state index is 13.4. The lowest BCUT2D eigenvalue weighted by Crippen LogP contribution is -2.37. The summed E-state index contributed by atoms with van der Waals surface area (Å²) in [5.41, 5.74) is 2.26. The van der Waals surface area contributed by atoms with Gasteiger partial charge in [-0.25, -0.2) is 4.39 Å². The van der Waals surface area contributed by atoms with Crippen LogP contribution in [0, 0.1) is 5.82 Å². The minimum Gasteiger partial charge on any atom is -0.369 e. The van der Waals surface area contributed by atoms with Gasteiger partial charge in [0.05, 0.1) is 0 Å². The molecular formula is C16H25FN2. The molecule has 1 aliphatic carbocycles. The molecule has 0 atom stereocenters. The summed E-state index contributed by atoms with van der Waals surface area (Å²) in [7, 11) is 1.91. The van der Waals surface area contributed by atoms with Crippen molar-refractivity contribution in [3.8, 4) is 0 Å². The predicted molar refractivity (Wildman–Crippen MR) is 79.1 cm³/mol. The van der Waals surface area contributed by atoms with Gasteiger partial charge in [-0.2, -0.15) is 0 Å². The molecule has 1 saturated carbocycles. The van der Waals surface area contributed by atoms with Crippen molar-refractivity contribution < 1.29 is 4.39 Å². The lowest BCUT2D eigenvalue weighted by Gasteiger charge is -2.36. The van der Waals surface area contributed by atoms with Crippen LogP contribution in [0.3, 0.4) is 0 Å². The van der Waals surface area contributed by atoms with E-state index in [2.05, 4.69) is 17.1 Å². The molecule has 19 heavy (non-hydrogen) atoms. The van der Waals surface area contributed by atoms with Crippen molar-refractivity contribution in [3.05, 3.63) is 29.6 Å². The summed E-state index contributed by atoms with van der Waals surface area (Å²) in [6.07, 6.45) is 6.54. The Balaban J connectivity index is 2.25. The summed E-state index contributed by atoms with van der Waals surface area (Å²) >= 11 is 0. The Morgan fingerprint density at radius 3 is 2.63 bits per heavy atom. The Labute approximate surface area is 116 Å². The van der Waals surface area contributed by atoms with Gasteiger partial charge in [0.25, 0.3) is 0 Å². The minimum absolute atomic E-state index is 0.145. The van der Waals surface area contributed by atoms with Crippen molar-refractivity contribution in [1.29, 1.82) is 0 Å². The van der Waals surface area contributed by atoms with Crippen LogP contribution in [0.4, 0.5) is 10.1 Å². The second kappa shape index (κ2) is 6.90. The summed E-state index contributed by atoms with van der Waals surface area (Å²) < 4.78 is 13.4. The van der Waals surface area contributed by atoms with Gasteiger partial charge in [-0.3, -0.25) is 0 Å². The fraction of sp³-hybridized carbons (Fsp3) is 0.625. The largest absolute Gasteiger partial charge is 0.369 e. The molecule has 1 aromatic rings. The Morgan fingerprint density at radius 2 is 2.00 bits per heavy atom. The van der Waals surface area contributed by atoms with Crippen LogP contribution in [-0.2, 0) is 6.54 Å². The van der Waals surface area contributed by atoms with Crippen LogP contribution < -0.4 is 10.2 Å². The molecule has 0 heterocycles. The maximum Gasteiger partial charge on any atom is 0.123 e. The lowest BCUT2D eigenvalue weighted by atomic mass is 9.93. The fourth-order valence-corrected chi connectivity index (χ4v) is 3.18. The first-order valence-corrected chi connectivity index (χ1v) is 7.46. The first kappa shape index (κ1) is 14.3. The van der Waals surface area contributed by atoms with E-state index in [4.69, 9.17) is 0 Å². The standard InChI is InChI=1S/C16H25FN2/c1-3-19(15-7-5-4-6-8-15)16-10-9-14(17)11-13(16)12-18-2/h9-11,15,18H,3-8,12H2,1-2H3. The molecule has 0 aliphatic heterocycles. The van der Waals surface area contributed by atoms with E-state index in [-0.39, 0.29) is 5.82 Å². The van der Waals surface area contributed by atoms with Crippen LogP contribution in [0.2, 0.25) is 0 Å². The second-order valence-corrected chi connectivity index (χ2v) is 5.38. The van der Waals surface area contributed by atoms with Gasteiger partial charge in [0.15, 0.2) is 0 Å². The molecule has 1 aromatic carbocycles. The van der Waals surface area contributed by atoms with Gasteiger partial charge in [-0.15, -0.1) is 0 Å². The van der Waals surface area contributed by atoms with Gasteiger partial charge in [-0.05, 0) is 50.6 Å². The number of halogens is 1. The second-order valence-electron chi connectivity index (χ2n) is 5.38. The minimum atomic E-state index is -0.145. The van der Waals surface area contributed by atoms with E-state index in [1.54, 1.807) is 12.1 Å². The molecular weight excluding hydrogens is 239 g/mol. The molecule has 0 bridgehead atoms. The average Bonchev–Trinajstić information content (AvgIpc) is 2.43. The summed E-state index contributed by atoms with van der Waals surface area (Å²) in [5.74, 6) is -0.145. The highest BCUT2D eigenvalue weighted by Gasteiger charge is 2.22. The van der Waals surface area contributed by atoms with E-state index in [1.807, 2.05) is 13.1 Å². The number of nitrogens with one attached hydrogen (secondary N) is 1. The monoisotopic (exact) mass is 264 g/mol. The molecule has 1 N–H and O–H groups in total. The molecule has 0 unspecified atom stereocenters. The van der Waals surface area contributed by atoms with Crippen LogP contribution in [0.15, 0.2) is 18.2 Å². The van der Waals surface area contributed by atoms with Crippen molar-refractivity contribution in [1.82, 2.24) is 5.32 Å². The zero-order valence-corrected chi connectivity index (χ0v) is 12.1. The maximum atomic E-state index is 13.4. The molecule has 106 valence electrons. The molecule has 1 aliphatic rings. The third-order valence-electron chi connectivity index (χ3n) is 4.07. The van der Waals surface area contributed by atoms with Crippen molar-refractivity contribution in [2.24, 2.45) is 0 Å². The first-order chi connectivity index (χ1) is 9.26. The van der Waals surface area contributed by atoms with E-state index in [0.717, 1.165) is 18.7 Å². The molecule has 2 nitrogen and oxygen atoms in total. The number of hydrogen-bond acceptors (Lipinski definition) is 2. The van der Waals surface area contributed by atoms with E-state index in [9.17, 15) is 4.39 Å². The highest BCUT2D eigenvalue weighted by Crippen LogP contribution is 2.30. The van der Waals surface area contributed by atoms with Gasteiger partial charge in [0, 0.05) is 24.8 Å². The molecule has 0 saturated heterocycles. The normalized spacial score (nSPS) is 16.6. The van der Waals surface area contributed by atoms with Gasteiger partial charge < -0.3 is 10.2 Å². The van der Waals surface area contributed by atoms with E-state index >= 15 is 0 Å². The van der Waals surface area contributed by atoms with Gasteiger partial charge in [0.2, 0.25) is 0 Å².